The van der Waals surface area contributed by atoms with Gasteiger partial charge in [0.15, 0.2) is 0 Å². The van der Waals surface area contributed by atoms with Crippen molar-refractivity contribution < 1.29 is 0 Å². The summed E-state index contributed by atoms with van der Waals surface area (Å²) in [5.41, 5.74) is 5.68. The number of nitrogens with zero attached hydrogens (tertiary/aromatic N) is 1. The van der Waals surface area contributed by atoms with Crippen LogP contribution in [0.5, 0.6) is 0 Å². The number of anilines is 1. The SMILES string of the molecule is C=C1CCCN(c2ccc(C(C)C)c(C)c2)CC1. The second-order valence-corrected chi connectivity index (χ2v) is 5.79. The molecule has 0 bridgehead atoms. The van der Waals surface area contributed by atoms with Gasteiger partial charge in [-0.2, -0.15) is 0 Å². The summed E-state index contributed by atoms with van der Waals surface area (Å²) in [4.78, 5) is 2.51. The van der Waals surface area contributed by atoms with Gasteiger partial charge in [0, 0.05) is 18.8 Å². The minimum Gasteiger partial charge on any atom is -0.371 e. The zero-order valence-corrected chi connectivity index (χ0v) is 12.0. The maximum absolute atomic E-state index is 4.13. The van der Waals surface area contributed by atoms with Crippen molar-refractivity contribution in [1.29, 1.82) is 0 Å². The Labute approximate surface area is 112 Å². The molecular formula is C17H25N. The van der Waals surface area contributed by atoms with Crippen LogP contribution in [0, 0.1) is 6.92 Å². The van der Waals surface area contributed by atoms with Gasteiger partial charge in [-0.1, -0.05) is 32.1 Å². The van der Waals surface area contributed by atoms with Gasteiger partial charge in [0.25, 0.3) is 0 Å². The van der Waals surface area contributed by atoms with Gasteiger partial charge in [-0.3, -0.25) is 0 Å². The van der Waals surface area contributed by atoms with Crippen LogP contribution in [0.25, 0.3) is 0 Å². The molecule has 1 saturated heterocycles. The molecule has 0 N–H and O–H groups in total. The van der Waals surface area contributed by atoms with Crippen molar-refractivity contribution in [1.82, 2.24) is 0 Å². The molecule has 0 saturated carbocycles. The van der Waals surface area contributed by atoms with E-state index >= 15 is 0 Å². The van der Waals surface area contributed by atoms with Crippen LogP contribution in [0.1, 0.15) is 50.2 Å². The molecule has 0 atom stereocenters. The van der Waals surface area contributed by atoms with E-state index in [9.17, 15) is 0 Å². The molecule has 18 heavy (non-hydrogen) atoms. The second kappa shape index (κ2) is 5.60. The Morgan fingerprint density at radius 2 is 1.94 bits per heavy atom. The maximum atomic E-state index is 4.13. The third-order valence-electron chi connectivity index (χ3n) is 3.93. The molecule has 1 aromatic carbocycles. The summed E-state index contributed by atoms with van der Waals surface area (Å²) in [6.07, 6.45) is 3.58. The van der Waals surface area contributed by atoms with Crippen LogP contribution >= 0.6 is 0 Å². The lowest BCUT2D eigenvalue weighted by atomic mass is 9.97. The monoisotopic (exact) mass is 243 g/mol. The predicted octanol–water partition coefficient (Wildman–Crippen LogP) is 4.66. The Hall–Kier alpha value is -1.24. The van der Waals surface area contributed by atoms with Crippen molar-refractivity contribution in [3.63, 3.8) is 0 Å². The fourth-order valence-corrected chi connectivity index (χ4v) is 2.81. The van der Waals surface area contributed by atoms with E-state index in [0.717, 1.165) is 13.0 Å². The van der Waals surface area contributed by atoms with E-state index in [0.29, 0.717) is 5.92 Å². The number of benzene rings is 1. The Kier molecular flexibility index (Phi) is 4.11. The minimum atomic E-state index is 0.614. The molecule has 1 nitrogen and oxygen atoms in total. The van der Waals surface area contributed by atoms with Crippen molar-refractivity contribution in [2.24, 2.45) is 0 Å². The predicted molar refractivity (Wildman–Crippen MR) is 80.5 cm³/mol. The lowest BCUT2D eigenvalue weighted by Gasteiger charge is -2.24. The van der Waals surface area contributed by atoms with E-state index in [4.69, 9.17) is 0 Å². The van der Waals surface area contributed by atoms with Gasteiger partial charge in [-0.15, -0.1) is 0 Å². The summed E-state index contributed by atoms with van der Waals surface area (Å²) in [5.74, 6) is 0.614. The van der Waals surface area contributed by atoms with Crippen molar-refractivity contribution in [3.8, 4) is 0 Å². The standard InChI is InChI=1S/C17H25N/c1-13(2)17-8-7-16(12-15(17)4)18-10-5-6-14(3)9-11-18/h7-8,12-13H,3,5-6,9-11H2,1-2,4H3. The van der Waals surface area contributed by atoms with E-state index in [1.54, 1.807) is 0 Å². The Bertz CT molecular complexity index is 431. The first-order valence-electron chi connectivity index (χ1n) is 7.10. The molecule has 0 radical (unpaired) electrons. The molecule has 1 fully saturated rings. The molecule has 98 valence electrons. The van der Waals surface area contributed by atoms with Crippen LogP contribution < -0.4 is 4.90 Å². The normalized spacial score (nSPS) is 17.1. The number of aryl methyl sites for hydroxylation is 1. The Morgan fingerprint density at radius 1 is 1.17 bits per heavy atom. The van der Waals surface area contributed by atoms with Crippen molar-refractivity contribution in [3.05, 3.63) is 41.5 Å². The quantitative estimate of drug-likeness (QED) is 0.683. The van der Waals surface area contributed by atoms with E-state index in [1.807, 2.05) is 0 Å². The highest BCUT2D eigenvalue weighted by Gasteiger charge is 2.13. The Balaban J connectivity index is 2.18. The molecule has 1 aromatic rings. The number of hydrogen-bond donors (Lipinski definition) is 0. The Morgan fingerprint density at radius 3 is 2.61 bits per heavy atom. The summed E-state index contributed by atoms with van der Waals surface area (Å²) in [7, 11) is 0. The molecule has 1 heteroatoms. The molecule has 0 unspecified atom stereocenters. The summed E-state index contributed by atoms with van der Waals surface area (Å²) in [6.45, 7) is 13.2. The smallest absolute Gasteiger partial charge is 0.0369 e. The lowest BCUT2D eigenvalue weighted by molar-refractivity contribution is 0.787. The molecule has 1 aliphatic heterocycles. The molecular weight excluding hydrogens is 218 g/mol. The van der Waals surface area contributed by atoms with E-state index in [-0.39, 0.29) is 0 Å². The first-order valence-corrected chi connectivity index (χ1v) is 7.10. The zero-order valence-electron chi connectivity index (χ0n) is 12.0. The van der Waals surface area contributed by atoms with Crippen LogP contribution in [0.2, 0.25) is 0 Å². The minimum absolute atomic E-state index is 0.614. The summed E-state index contributed by atoms with van der Waals surface area (Å²) >= 11 is 0. The van der Waals surface area contributed by atoms with Crippen molar-refractivity contribution in [2.45, 2.75) is 46.0 Å². The van der Waals surface area contributed by atoms with Crippen LogP contribution in [-0.2, 0) is 0 Å². The summed E-state index contributed by atoms with van der Waals surface area (Å²) < 4.78 is 0. The topological polar surface area (TPSA) is 3.24 Å². The molecule has 1 aliphatic rings. The number of hydrogen-bond acceptors (Lipinski definition) is 1. The first kappa shape index (κ1) is 13.2. The van der Waals surface area contributed by atoms with Gasteiger partial charge >= 0.3 is 0 Å². The molecule has 0 spiro atoms. The van der Waals surface area contributed by atoms with Crippen LogP contribution in [0.3, 0.4) is 0 Å². The molecule has 2 rings (SSSR count). The van der Waals surface area contributed by atoms with Crippen LogP contribution in [0.4, 0.5) is 5.69 Å². The average molecular weight is 243 g/mol. The van der Waals surface area contributed by atoms with Gasteiger partial charge in [-0.25, -0.2) is 0 Å². The molecule has 0 aromatic heterocycles. The fourth-order valence-electron chi connectivity index (χ4n) is 2.81. The van der Waals surface area contributed by atoms with Crippen LogP contribution in [0.15, 0.2) is 30.4 Å². The number of rotatable bonds is 2. The molecule has 0 amide bonds. The van der Waals surface area contributed by atoms with Gasteiger partial charge in [0.2, 0.25) is 0 Å². The zero-order chi connectivity index (χ0) is 13.1. The van der Waals surface area contributed by atoms with E-state index < -0.39 is 0 Å². The van der Waals surface area contributed by atoms with Crippen LogP contribution in [-0.4, -0.2) is 13.1 Å². The highest BCUT2D eigenvalue weighted by Crippen LogP contribution is 2.26. The third-order valence-corrected chi connectivity index (χ3v) is 3.93. The van der Waals surface area contributed by atoms with Gasteiger partial charge in [-0.05, 0) is 55.4 Å². The third kappa shape index (κ3) is 2.95. The largest absolute Gasteiger partial charge is 0.371 e. The maximum Gasteiger partial charge on any atom is 0.0369 e. The highest BCUT2D eigenvalue weighted by atomic mass is 15.1. The highest BCUT2D eigenvalue weighted by molar-refractivity contribution is 5.51. The average Bonchev–Trinajstić information content (AvgIpc) is 2.53. The first-order chi connectivity index (χ1) is 8.58. The van der Waals surface area contributed by atoms with E-state index in [2.05, 4.69) is 50.4 Å². The molecule has 1 heterocycles. The molecule has 0 aliphatic carbocycles. The summed E-state index contributed by atoms with van der Waals surface area (Å²) in [6, 6.07) is 6.94. The fraction of sp³-hybridized carbons (Fsp3) is 0.529. The lowest BCUT2D eigenvalue weighted by Crippen LogP contribution is -2.24. The van der Waals surface area contributed by atoms with Gasteiger partial charge < -0.3 is 4.90 Å². The van der Waals surface area contributed by atoms with Crippen molar-refractivity contribution in [2.75, 3.05) is 18.0 Å². The summed E-state index contributed by atoms with van der Waals surface area (Å²) in [5, 5.41) is 0. The second-order valence-electron chi connectivity index (χ2n) is 5.79. The van der Waals surface area contributed by atoms with E-state index in [1.165, 1.54) is 41.8 Å². The van der Waals surface area contributed by atoms with Gasteiger partial charge in [0.1, 0.15) is 0 Å². The van der Waals surface area contributed by atoms with Gasteiger partial charge in [0.05, 0.1) is 0 Å². The van der Waals surface area contributed by atoms with Crippen molar-refractivity contribution >= 4 is 5.69 Å².